The third-order valence-corrected chi connectivity index (χ3v) is 2.75. The maximum absolute atomic E-state index is 10.7. The fourth-order valence-corrected chi connectivity index (χ4v) is 1.67. The van der Waals surface area contributed by atoms with Crippen LogP contribution in [0.25, 0.3) is 0 Å². The second kappa shape index (κ2) is 3.46. The molecule has 15 heavy (non-hydrogen) atoms. The van der Waals surface area contributed by atoms with Gasteiger partial charge < -0.3 is 15.7 Å². The highest BCUT2D eigenvalue weighted by atomic mass is 16.4. The molecule has 3 N–H and O–H groups in total. The summed E-state index contributed by atoms with van der Waals surface area (Å²) in [4.78, 5) is 12.8. The topological polar surface area (TPSA) is 66.6 Å². The van der Waals surface area contributed by atoms with E-state index >= 15 is 0 Å². The van der Waals surface area contributed by atoms with Crippen LogP contribution in [-0.4, -0.2) is 24.2 Å². The second-order valence-corrected chi connectivity index (χ2v) is 3.92. The van der Waals surface area contributed by atoms with Crippen molar-refractivity contribution < 1.29 is 9.90 Å². The van der Waals surface area contributed by atoms with Crippen molar-refractivity contribution in [3.05, 3.63) is 23.8 Å². The van der Waals surface area contributed by atoms with E-state index in [4.69, 9.17) is 10.8 Å². The van der Waals surface area contributed by atoms with Gasteiger partial charge in [0.1, 0.15) is 0 Å². The molecular formula is C11H14N2O2. The lowest BCUT2D eigenvalue weighted by molar-refractivity contribution is 0.0697. The number of nitrogens with zero attached hydrogens (tertiary/aromatic N) is 1. The summed E-state index contributed by atoms with van der Waals surface area (Å²) in [5.41, 5.74) is 7.51. The van der Waals surface area contributed by atoms with Gasteiger partial charge in [-0.3, -0.25) is 0 Å². The molecule has 4 heteroatoms. The zero-order valence-electron chi connectivity index (χ0n) is 8.60. The van der Waals surface area contributed by atoms with Crippen LogP contribution in [0.3, 0.4) is 0 Å². The van der Waals surface area contributed by atoms with Crippen molar-refractivity contribution >= 4 is 17.3 Å². The van der Waals surface area contributed by atoms with Crippen LogP contribution in [0.15, 0.2) is 18.2 Å². The number of hydrogen-bond donors (Lipinski definition) is 2. The summed E-state index contributed by atoms with van der Waals surface area (Å²) >= 11 is 0. The summed E-state index contributed by atoms with van der Waals surface area (Å²) in [5, 5.41) is 8.79. The molecular weight excluding hydrogens is 192 g/mol. The van der Waals surface area contributed by atoms with Gasteiger partial charge in [-0.05, 0) is 31.0 Å². The number of carboxylic acids is 1. The normalized spacial score (nSPS) is 15.0. The van der Waals surface area contributed by atoms with Crippen LogP contribution in [-0.2, 0) is 0 Å². The highest BCUT2D eigenvalue weighted by Gasteiger charge is 2.27. The molecule has 4 nitrogen and oxygen atoms in total. The van der Waals surface area contributed by atoms with E-state index in [-0.39, 0.29) is 5.56 Å². The number of rotatable bonds is 3. The molecule has 0 bridgehead atoms. The number of benzene rings is 1. The van der Waals surface area contributed by atoms with Gasteiger partial charge in [-0.25, -0.2) is 4.79 Å². The SMILES string of the molecule is CN(c1ccc(C(=O)O)cc1N)C1CC1. The summed E-state index contributed by atoms with van der Waals surface area (Å²) in [7, 11) is 1.99. The maximum Gasteiger partial charge on any atom is 0.335 e. The van der Waals surface area contributed by atoms with E-state index in [1.807, 2.05) is 7.05 Å². The lowest BCUT2D eigenvalue weighted by atomic mass is 10.1. The van der Waals surface area contributed by atoms with Crippen molar-refractivity contribution in [1.29, 1.82) is 0 Å². The molecule has 0 aliphatic heterocycles. The molecule has 1 aromatic rings. The van der Waals surface area contributed by atoms with Crippen molar-refractivity contribution in [1.82, 2.24) is 0 Å². The molecule has 1 fully saturated rings. The summed E-state index contributed by atoms with van der Waals surface area (Å²) in [6.45, 7) is 0. The van der Waals surface area contributed by atoms with E-state index < -0.39 is 5.97 Å². The lowest BCUT2D eigenvalue weighted by Gasteiger charge is -2.20. The molecule has 0 radical (unpaired) electrons. The predicted octanol–water partition coefficient (Wildman–Crippen LogP) is 1.57. The molecule has 0 unspecified atom stereocenters. The van der Waals surface area contributed by atoms with Crippen LogP contribution in [0.4, 0.5) is 11.4 Å². The van der Waals surface area contributed by atoms with Crippen molar-refractivity contribution in [2.45, 2.75) is 18.9 Å². The Morgan fingerprint density at radius 2 is 2.20 bits per heavy atom. The van der Waals surface area contributed by atoms with Gasteiger partial charge in [0.2, 0.25) is 0 Å². The van der Waals surface area contributed by atoms with Crippen LogP contribution in [0.2, 0.25) is 0 Å². The van der Waals surface area contributed by atoms with Gasteiger partial charge in [-0.15, -0.1) is 0 Å². The Morgan fingerprint density at radius 1 is 1.53 bits per heavy atom. The number of anilines is 2. The largest absolute Gasteiger partial charge is 0.478 e. The van der Waals surface area contributed by atoms with Gasteiger partial charge in [-0.1, -0.05) is 0 Å². The first kappa shape index (κ1) is 9.83. The number of carboxylic acid groups (broad SMARTS) is 1. The quantitative estimate of drug-likeness (QED) is 0.736. The molecule has 1 aromatic carbocycles. The Morgan fingerprint density at radius 3 is 2.67 bits per heavy atom. The van der Waals surface area contributed by atoms with Crippen LogP contribution in [0.1, 0.15) is 23.2 Å². The zero-order valence-corrected chi connectivity index (χ0v) is 8.60. The molecule has 0 atom stereocenters. The van der Waals surface area contributed by atoms with E-state index in [2.05, 4.69) is 4.90 Å². The monoisotopic (exact) mass is 206 g/mol. The number of carbonyl (C=O) groups is 1. The molecule has 1 aliphatic rings. The molecule has 1 aliphatic carbocycles. The van der Waals surface area contributed by atoms with E-state index in [0.29, 0.717) is 11.7 Å². The molecule has 80 valence electrons. The van der Waals surface area contributed by atoms with Crippen LogP contribution in [0, 0.1) is 0 Å². The van der Waals surface area contributed by atoms with Crippen molar-refractivity contribution in [2.75, 3.05) is 17.7 Å². The molecule has 0 heterocycles. The number of hydrogen-bond acceptors (Lipinski definition) is 3. The van der Waals surface area contributed by atoms with Crippen LogP contribution >= 0.6 is 0 Å². The highest BCUT2D eigenvalue weighted by Crippen LogP contribution is 2.33. The number of nitrogens with two attached hydrogens (primary N) is 1. The first-order valence-electron chi connectivity index (χ1n) is 4.95. The Balaban J connectivity index is 2.29. The lowest BCUT2D eigenvalue weighted by Crippen LogP contribution is -2.20. The summed E-state index contributed by atoms with van der Waals surface area (Å²) < 4.78 is 0. The minimum atomic E-state index is -0.942. The van der Waals surface area contributed by atoms with Crippen molar-refractivity contribution in [2.24, 2.45) is 0 Å². The first-order valence-corrected chi connectivity index (χ1v) is 4.95. The van der Waals surface area contributed by atoms with Gasteiger partial charge in [0.15, 0.2) is 0 Å². The van der Waals surface area contributed by atoms with Gasteiger partial charge in [-0.2, -0.15) is 0 Å². The average molecular weight is 206 g/mol. The van der Waals surface area contributed by atoms with E-state index in [1.165, 1.54) is 18.9 Å². The van der Waals surface area contributed by atoms with Crippen molar-refractivity contribution in [3.63, 3.8) is 0 Å². The molecule has 0 saturated heterocycles. The maximum atomic E-state index is 10.7. The fraction of sp³-hybridized carbons (Fsp3) is 0.364. The van der Waals surface area contributed by atoms with E-state index in [1.54, 1.807) is 12.1 Å². The second-order valence-electron chi connectivity index (χ2n) is 3.92. The molecule has 0 aromatic heterocycles. The van der Waals surface area contributed by atoms with Crippen LogP contribution < -0.4 is 10.6 Å². The average Bonchev–Trinajstić information content (AvgIpc) is 2.99. The Kier molecular flexibility index (Phi) is 2.26. The minimum absolute atomic E-state index is 0.237. The molecule has 0 amide bonds. The zero-order chi connectivity index (χ0) is 11.0. The Bertz CT molecular complexity index is 400. The van der Waals surface area contributed by atoms with Gasteiger partial charge in [0.25, 0.3) is 0 Å². The van der Waals surface area contributed by atoms with E-state index in [9.17, 15) is 4.79 Å². The highest BCUT2D eigenvalue weighted by molar-refractivity contribution is 5.90. The van der Waals surface area contributed by atoms with Crippen molar-refractivity contribution in [3.8, 4) is 0 Å². The predicted molar refractivity (Wildman–Crippen MR) is 59.2 cm³/mol. The van der Waals surface area contributed by atoms with Gasteiger partial charge in [0, 0.05) is 13.1 Å². The minimum Gasteiger partial charge on any atom is -0.478 e. The summed E-state index contributed by atoms with van der Waals surface area (Å²) in [5.74, 6) is -0.942. The summed E-state index contributed by atoms with van der Waals surface area (Å²) in [6.07, 6.45) is 2.38. The van der Waals surface area contributed by atoms with Gasteiger partial charge >= 0.3 is 5.97 Å². The summed E-state index contributed by atoms with van der Waals surface area (Å²) in [6, 6.07) is 5.45. The number of aromatic carboxylic acids is 1. The smallest absolute Gasteiger partial charge is 0.335 e. The third-order valence-electron chi connectivity index (χ3n) is 2.75. The van der Waals surface area contributed by atoms with Gasteiger partial charge in [0.05, 0.1) is 16.9 Å². The third kappa shape index (κ3) is 1.88. The molecule has 1 saturated carbocycles. The fourth-order valence-electron chi connectivity index (χ4n) is 1.67. The molecule has 0 spiro atoms. The Hall–Kier alpha value is -1.71. The standard InChI is InChI=1S/C11H14N2O2/c1-13(8-3-4-8)10-5-2-7(11(14)15)6-9(10)12/h2,5-6,8H,3-4,12H2,1H3,(H,14,15). The van der Waals surface area contributed by atoms with Crippen LogP contribution in [0.5, 0.6) is 0 Å². The molecule has 2 rings (SSSR count). The number of nitrogen functional groups attached to an aromatic ring is 1. The Labute approximate surface area is 88.3 Å². The van der Waals surface area contributed by atoms with E-state index in [0.717, 1.165) is 5.69 Å². The first-order chi connectivity index (χ1) is 7.09.